The first-order valence-electron chi connectivity index (χ1n) is 7.96. The number of ether oxygens (including phenoxy) is 1. The normalized spacial score (nSPS) is 11.7. The molecule has 0 atom stereocenters. The molecule has 0 radical (unpaired) electrons. The Morgan fingerprint density at radius 1 is 1.08 bits per heavy atom. The molecule has 2 aromatic carbocycles. The van der Waals surface area contributed by atoms with E-state index < -0.39 is 10.0 Å². The number of hydrazone groups is 1. The Morgan fingerprint density at radius 3 is 2.23 bits per heavy atom. The van der Waals surface area contributed by atoms with Crippen LogP contribution in [0.15, 0.2) is 58.5 Å². The molecule has 7 nitrogen and oxygen atoms in total. The number of nitrogens with one attached hydrogen (secondary N) is 2. The van der Waals surface area contributed by atoms with Gasteiger partial charge in [0, 0.05) is 12.1 Å². The fourth-order valence-electron chi connectivity index (χ4n) is 2.04. The van der Waals surface area contributed by atoms with Crippen LogP contribution in [0.4, 0.5) is 5.69 Å². The highest BCUT2D eigenvalue weighted by atomic mass is 32.2. The molecule has 2 aromatic rings. The third-order valence-corrected chi connectivity index (χ3v) is 4.84. The first kappa shape index (κ1) is 19.5. The third-order valence-electron chi connectivity index (χ3n) is 3.61. The highest BCUT2D eigenvalue weighted by molar-refractivity contribution is 7.89. The van der Waals surface area contributed by atoms with E-state index in [2.05, 4.69) is 15.2 Å². The molecule has 0 bridgehead atoms. The summed E-state index contributed by atoms with van der Waals surface area (Å²) < 4.78 is 29.5. The Labute approximate surface area is 153 Å². The molecule has 2 rings (SSSR count). The van der Waals surface area contributed by atoms with Gasteiger partial charge in [0.1, 0.15) is 5.75 Å². The van der Waals surface area contributed by atoms with Gasteiger partial charge in [0.05, 0.1) is 17.7 Å². The molecule has 0 aromatic heterocycles. The zero-order valence-corrected chi connectivity index (χ0v) is 15.6. The molecule has 2 N–H and O–H groups in total. The Balaban J connectivity index is 2.09. The SMILES string of the molecule is CCC(=O)Nc1ccc(/C(C)=N\NS(=O)(=O)c2ccc(OC)cc2)cc1. The molecule has 1 amide bonds. The first-order valence-corrected chi connectivity index (χ1v) is 9.44. The summed E-state index contributed by atoms with van der Waals surface area (Å²) in [7, 11) is -2.26. The van der Waals surface area contributed by atoms with Crippen LogP contribution in [0.25, 0.3) is 0 Å². The number of nitrogens with zero attached hydrogens (tertiary/aromatic N) is 1. The fourth-order valence-corrected chi connectivity index (χ4v) is 2.90. The van der Waals surface area contributed by atoms with Gasteiger partial charge in [-0.05, 0) is 48.9 Å². The zero-order chi connectivity index (χ0) is 19.2. The summed E-state index contributed by atoms with van der Waals surface area (Å²) in [6, 6.07) is 13.0. The van der Waals surface area contributed by atoms with Crippen molar-refractivity contribution in [3.8, 4) is 5.75 Å². The Kier molecular flexibility index (Phi) is 6.35. The molecule has 0 aliphatic heterocycles. The molecule has 138 valence electrons. The summed E-state index contributed by atoms with van der Waals surface area (Å²) in [5.74, 6) is 0.495. The first-order chi connectivity index (χ1) is 12.4. The lowest BCUT2D eigenvalue weighted by Crippen LogP contribution is -2.20. The molecule has 0 saturated heterocycles. The maximum atomic E-state index is 12.3. The Morgan fingerprint density at radius 2 is 1.69 bits per heavy atom. The van der Waals surface area contributed by atoms with Crippen molar-refractivity contribution in [2.24, 2.45) is 5.10 Å². The largest absolute Gasteiger partial charge is 0.497 e. The van der Waals surface area contributed by atoms with Gasteiger partial charge in [0.25, 0.3) is 10.0 Å². The highest BCUT2D eigenvalue weighted by Gasteiger charge is 2.13. The summed E-state index contributed by atoms with van der Waals surface area (Å²) in [6.45, 7) is 3.46. The summed E-state index contributed by atoms with van der Waals surface area (Å²) in [4.78, 5) is 13.7. The van der Waals surface area contributed by atoms with Gasteiger partial charge >= 0.3 is 0 Å². The number of sulfonamides is 1. The van der Waals surface area contributed by atoms with E-state index in [1.807, 2.05) is 0 Å². The maximum Gasteiger partial charge on any atom is 0.276 e. The van der Waals surface area contributed by atoms with Crippen molar-refractivity contribution in [2.75, 3.05) is 12.4 Å². The van der Waals surface area contributed by atoms with Crippen LogP contribution in [0.1, 0.15) is 25.8 Å². The van der Waals surface area contributed by atoms with E-state index in [0.29, 0.717) is 23.6 Å². The van der Waals surface area contributed by atoms with E-state index in [9.17, 15) is 13.2 Å². The fraction of sp³-hybridized carbons (Fsp3) is 0.222. The van der Waals surface area contributed by atoms with Gasteiger partial charge in [-0.25, -0.2) is 0 Å². The minimum atomic E-state index is -3.77. The molecule has 8 heteroatoms. The second-order valence-corrected chi connectivity index (χ2v) is 7.11. The van der Waals surface area contributed by atoms with Crippen molar-refractivity contribution in [3.63, 3.8) is 0 Å². The van der Waals surface area contributed by atoms with Gasteiger partial charge in [-0.2, -0.15) is 18.4 Å². The van der Waals surface area contributed by atoms with Crippen molar-refractivity contribution in [1.82, 2.24) is 4.83 Å². The number of hydrogen-bond donors (Lipinski definition) is 2. The summed E-state index contributed by atoms with van der Waals surface area (Å²) >= 11 is 0. The number of benzene rings is 2. The lowest BCUT2D eigenvalue weighted by molar-refractivity contribution is -0.115. The standard InChI is InChI=1S/C18H21N3O4S/c1-4-18(22)19-15-7-5-14(6-8-15)13(2)20-21-26(23,24)17-11-9-16(25-3)10-12-17/h5-12,21H,4H2,1-3H3,(H,19,22)/b20-13-. The number of anilines is 1. The molecular formula is C18H21N3O4S. The number of carbonyl (C=O) groups excluding carboxylic acids is 1. The molecule has 0 aliphatic carbocycles. The molecule has 26 heavy (non-hydrogen) atoms. The van der Waals surface area contributed by atoms with Crippen LogP contribution in [-0.4, -0.2) is 27.1 Å². The van der Waals surface area contributed by atoms with E-state index in [1.165, 1.54) is 19.2 Å². The van der Waals surface area contributed by atoms with E-state index in [1.54, 1.807) is 50.2 Å². The predicted molar refractivity (Wildman–Crippen MR) is 101 cm³/mol. The van der Waals surface area contributed by atoms with E-state index >= 15 is 0 Å². The maximum absolute atomic E-state index is 12.3. The van der Waals surface area contributed by atoms with E-state index in [0.717, 1.165) is 5.56 Å². The lowest BCUT2D eigenvalue weighted by Gasteiger charge is -2.07. The molecule has 0 fully saturated rings. The van der Waals surface area contributed by atoms with Crippen molar-refractivity contribution in [2.45, 2.75) is 25.2 Å². The average molecular weight is 375 g/mol. The highest BCUT2D eigenvalue weighted by Crippen LogP contribution is 2.15. The second kappa shape index (κ2) is 8.48. The Hall–Kier alpha value is -2.87. The van der Waals surface area contributed by atoms with Crippen molar-refractivity contribution >= 4 is 27.3 Å². The molecule has 0 heterocycles. The Bertz CT molecular complexity index is 889. The van der Waals surface area contributed by atoms with Crippen molar-refractivity contribution in [1.29, 1.82) is 0 Å². The topological polar surface area (TPSA) is 96.9 Å². The minimum absolute atomic E-state index is 0.0737. The van der Waals surface area contributed by atoms with Gasteiger partial charge in [-0.15, -0.1) is 0 Å². The summed E-state index contributed by atoms with van der Waals surface area (Å²) in [5, 5.41) is 6.70. The van der Waals surface area contributed by atoms with Crippen LogP contribution in [0.3, 0.4) is 0 Å². The van der Waals surface area contributed by atoms with Crippen molar-refractivity contribution < 1.29 is 17.9 Å². The molecule has 0 spiro atoms. The number of carbonyl (C=O) groups is 1. The molecular weight excluding hydrogens is 354 g/mol. The van der Waals surface area contributed by atoms with Gasteiger partial charge in [0.2, 0.25) is 5.91 Å². The average Bonchev–Trinajstić information content (AvgIpc) is 2.66. The second-order valence-electron chi connectivity index (χ2n) is 5.45. The number of rotatable bonds is 7. The number of amides is 1. The van der Waals surface area contributed by atoms with Crippen LogP contribution in [0, 0.1) is 0 Å². The third kappa shape index (κ3) is 5.06. The summed E-state index contributed by atoms with van der Waals surface area (Å²) in [6.07, 6.45) is 0.398. The van der Waals surface area contributed by atoms with Crippen LogP contribution in [0.5, 0.6) is 5.75 Å². The van der Waals surface area contributed by atoms with Crippen LogP contribution in [0.2, 0.25) is 0 Å². The van der Waals surface area contributed by atoms with Crippen LogP contribution >= 0.6 is 0 Å². The van der Waals surface area contributed by atoms with Gasteiger partial charge in [-0.3, -0.25) is 4.79 Å². The van der Waals surface area contributed by atoms with Gasteiger partial charge in [0.15, 0.2) is 0 Å². The number of hydrogen-bond acceptors (Lipinski definition) is 5. The van der Waals surface area contributed by atoms with Crippen LogP contribution in [-0.2, 0) is 14.8 Å². The smallest absolute Gasteiger partial charge is 0.276 e. The predicted octanol–water partition coefficient (Wildman–Crippen LogP) is 2.75. The minimum Gasteiger partial charge on any atom is -0.497 e. The number of methoxy groups -OCH3 is 1. The van der Waals surface area contributed by atoms with Gasteiger partial charge < -0.3 is 10.1 Å². The molecule has 0 aliphatic rings. The van der Waals surface area contributed by atoms with E-state index in [4.69, 9.17) is 4.74 Å². The quantitative estimate of drug-likeness (QED) is 0.574. The molecule has 0 unspecified atom stereocenters. The van der Waals surface area contributed by atoms with Crippen LogP contribution < -0.4 is 14.9 Å². The van der Waals surface area contributed by atoms with E-state index in [-0.39, 0.29) is 10.8 Å². The zero-order valence-electron chi connectivity index (χ0n) is 14.8. The van der Waals surface area contributed by atoms with Crippen molar-refractivity contribution in [3.05, 3.63) is 54.1 Å². The monoisotopic (exact) mass is 375 g/mol. The van der Waals surface area contributed by atoms with Gasteiger partial charge in [-0.1, -0.05) is 19.1 Å². The molecule has 0 saturated carbocycles. The lowest BCUT2D eigenvalue weighted by atomic mass is 10.1. The summed E-state index contributed by atoms with van der Waals surface area (Å²) in [5.41, 5.74) is 1.90.